The van der Waals surface area contributed by atoms with Crippen LogP contribution in [0, 0.1) is 12.7 Å². The Kier molecular flexibility index (Phi) is 3.99. The van der Waals surface area contributed by atoms with Gasteiger partial charge in [0.1, 0.15) is 10.8 Å². The lowest BCUT2D eigenvalue weighted by molar-refractivity contribution is 0.562. The first-order valence-electron chi connectivity index (χ1n) is 6.97. The van der Waals surface area contributed by atoms with E-state index < -0.39 is 0 Å². The zero-order valence-electron chi connectivity index (χ0n) is 12.1. The number of rotatable bonds is 4. The highest BCUT2D eigenvalue weighted by Crippen LogP contribution is 2.22. The van der Waals surface area contributed by atoms with Gasteiger partial charge in [-0.2, -0.15) is 0 Å². The van der Waals surface area contributed by atoms with Crippen LogP contribution in [0.2, 0.25) is 0 Å². The normalized spacial score (nSPS) is 12.7. The highest BCUT2D eigenvalue weighted by Gasteiger charge is 2.09. The summed E-state index contributed by atoms with van der Waals surface area (Å²) in [5, 5.41) is 4.46. The molecule has 0 radical (unpaired) electrons. The number of hydrogen-bond donors (Lipinski definition) is 1. The van der Waals surface area contributed by atoms with E-state index >= 15 is 0 Å². The van der Waals surface area contributed by atoms with Crippen LogP contribution in [0.5, 0.6) is 0 Å². The molecular formula is C17H17FN2S. The molecule has 2 aromatic carbocycles. The summed E-state index contributed by atoms with van der Waals surface area (Å²) in [6, 6.07) is 13.6. The molecule has 1 heterocycles. The number of aromatic nitrogens is 1. The van der Waals surface area contributed by atoms with Crippen molar-refractivity contribution in [3.8, 4) is 0 Å². The van der Waals surface area contributed by atoms with E-state index in [-0.39, 0.29) is 11.9 Å². The van der Waals surface area contributed by atoms with Crippen LogP contribution >= 0.6 is 11.3 Å². The van der Waals surface area contributed by atoms with Crippen LogP contribution in [0.25, 0.3) is 10.2 Å². The Labute approximate surface area is 127 Å². The predicted octanol–water partition coefficient (Wildman–Crippen LogP) is 4.59. The Hall–Kier alpha value is -1.78. The van der Waals surface area contributed by atoms with Gasteiger partial charge in [-0.1, -0.05) is 24.3 Å². The average molecular weight is 300 g/mol. The van der Waals surface area contributed by atoms with E-state index in [0.717, 1.165) is 16.1 Å². The number of para-hydroxylation sites is 1. The first-order chi connectivity index (χ1) is 10.1. The second kappa shape index (κ2) is 5.92. The minimum absolute atomic E-state index is 0.0899. The average Bonchev–Trinajstić information content (AvgIpc) is 2.90. The maximum atomic E-state index is 13.6. The molecule has 1 unspecified atom stereocenters. The molecule has 3 rings (SSSR count). The Morgan fingerprint density at radius 2 is 2.05 bits per heavy atom. The van der Waals surface area contributed by atoms with Crippen molar-refractivity contribution in [2.45, 2.75) is 26.4 Å². The number of benzene rings is 2. The van der Waals surface area contributed by atoms with Crippen molar-refractivity contribution in [3.05, 3.63) is 64.4 Å². The third kappa shape index (κ3) is 3.12. The molecule has 108 valence electrons. The summed E-state index contributed by atoms with van der Waals surface area (Å²) in [7, 11) is 0. The summed E-state index contributed by atoms with van der Waals surface area (Å²) >= 11 is 1.69. The topological polar surface area (TPSA) is 24.9 Å². The number of nitrogens with one attached hydrogen (secondary N) is 1. The van der Waals surface area contributed by atoms with Crippen molar-refractivity contribution in [1.29, 1.82) is 0 Å². The first-order valence-corrected chi connectivity index (χ1v) is 7.79. The zero-order valence-corrected chi connectivity index (χ0v) is 12.9. The molecule has 0 amide bonds. The molecule has 0 spiro atoms. The first kappa shape index (κ1) is 14.2. The monoisotopic (exact) mass is 300 g/mol. The Bertz CT molecular complexity index is 733. The van der Waals surface area contributed by atoms with Gasteiger partial charge in [0, 0.05) is 12.6 Å². The number of halogens is 1. The van der Waals surface area contributed by atoms with Gasteiger partial charge in [-0.25, -0.2) is 9.37 Å². The maximum absolute atomic E-state index is 13.6. The lowest BCUT2D eigenvalue weighted by Crippen LogP contribution is -2.18. The summed E-state index contributed by atoms with van der Waals surface area (Å²) in [6.45, 7) is 4.51. The Balaban J connectivity index is 1.70. The molecule has 0 saturated carbocycles. The second-order valence-electron chi connectivity index (χ2n) is 5.19. The minimum Gasteiger partial charge on any atom is -0.304 e. The molecule has 0 bridgehead atoms. The predicted molar refractivity (Wildman–Crippen MR) is 86.0 cm³/mol. The highest BCUT2D eigenvalue weighted by atomic mass is 32.1. The van der Waals surface area contributed by atoms with Crippen molar-refractivity contribution < 1.29 is 4.39 Å². The van der Waals surface area contributed by atoms with E-state index in [1.54, 1.807) is 24.3 Å². The van der Waals surface area contributed by atoms with E-state index in [1.165, 1.54) is 4.70 Å². The van der Waals surface area contributed by atoms with E-state index in [2.05, 4.69) is 16.4 Å². The quantitative estimate of drug-likeness (QED) is 0.762. The van der Waals surface area contributed by atoms with Crippen LogP contribution in [-0.4, -0.2) is 4.98 Å². The molecule has 0 aliphatic carbocycles. The van der Waals surface area contributed by atoms with Crippen molar-refractivity contribution in [3.63, 3.8) is 0 Å². The minimum atomic E-state index is -0.152. The molecule has 0 aliphatic rings. The Morgan fingerprint density at radius 1 is 1.24 bits per heavy atom. The molecule has 3 aromatic rings. The molecule has 0 fully saturated rings. The van der Waals surface area contributed by atoms with Crippen LogP contribution < -0.4 is 5.32 Å². The molecule has 21 heavy (non-hydrogen) atoms. The highest BCUT2D eigenvalue weighted by molar-refractivity contribution is 7.18. The van der Waals surface area contributed by atoms with Crippen LogP contribution in [-0.2, 0) is 6.54 Å². The van der Waals surface area contributed by atoms with Gasteiger partial charge in [-0.15, -0.1) is 11.3 Å². The summed E-state index contributed by atoms with van der Waals surface area (Å²) in [4.78, 5) is 4.59. The van der Waals surface area contributed by atoms with Crippen LogP contribution in [0.4, 0.5) is 4.39 Å². The number of aryl methyl sites for hydroxylation is 1. The Morgan fingerprint density at radius 3 is 2.81 bits per heavy atom. The van der Waals surface area contributed by atoms with E-state index in [4.69, 9.17) is 0 Å². The number of hydrogen-bond acceptors (Lipinski definition) is 3. The smallest absolute Gasteiger partial charge is 0.126 e. The molecule has 4 heteroatoms. The zero-order chi connectivity index (χ0) is 14.8. The van der Waals surface area contributed by atoms with Gasteiger partial charge >= 0.3 is 0 Å². The molecule has 0 aliphatic heterocycles. The van der Waals surface area contributed by atoms with Gasteiger partial charge in [0.2, 0.25) is 0 Å². The molecule has 0 saturated heterocycles. The van der Waals surface area contributed by atoms with Gasteiger partial charge < -0.3 is 5.32 Å². The van der Waals surface area contributed by atoms with E-state index in [0.29, 0.717) is 12.1 Å². The number of thiazole rings is 1. The molecular weight excluding hydrogens is 283 g/mol. The number of fused-ring (bicyclic) bond motifs is 1. The SMILES string of the molecule is Cc1ccc(C(C)NCc2nc3ccccc3s2)cc1F. The maximum Gasteiger partial charge on any atom is 0.126 e. The van der Waals surface area contributed by atoms with Crippen molar-refractivity contribution >= 4 is 21.6 Å². The fraction of sp³-hybridized carbons (Fsp3) is 0.235. The number of nitrogens with zero attached hydrogens (tertiary/aromatic N) is 1. The molecule has 1 atom stereocenters. The lowest BCUT2D eigenvalue weighted by atomic mass is 10.1. The standard InChI is InChI=1S/C17H17FN2S/c1-11-7-8-13(9-14(11)18)12(2)19-10-17-20-15-5-3-4-6-16(15)21-17/h3-9,12,19H,10H2,1-2H3. The van der Waals surface area contributed by atoms with Crippen LogP contribution in [0.15, 0.2) is 42.5 Å². The van der Waals surface area contributed by atoms with E-state index in [1.807, 2.05) is 37.3 Å². The summed E-state index contributed by atoms with van der Waals surface area (Å²) in [5.41, 5.74) is 2.67. The second-order valence-corrected chi connectivity index (χ2v) is 6.30. The fourth-order valence-corrected chi connectivity index (χ4v) is 3.15. The summed E-state index contributed by atoms with van der Waals surface area (Å²) in [6.07, 6.45) is 0. The summed E-state index contributed by atoms with van der Waals surface area (Å²) in [5.74, 6) is -0.152. The molecule has 1 aromatic heterocycles. The van der Waals surface area contributed by atoms with Gasteiger partial charge in [0.15, 0.2) is 0 Å². The van der Waals surface area contributed by atoms with Crippen molar-refractivity contribution in [2.24, 2.45) is 0 Å². The van der Waals surface area contributed by atoms with Crippen LogP contribution in [0.3, 0.4) is 0 Å². The van der Waals surface area contributed by atoms with Crippen molar-refractivity contribution in [2.75, 3.05) is 0 Å². The molecule has 2 nitrogen and oxygen atoms in total. The fourth-order valence-electron chi connectivity index (χ4n) is 2.23. The van der Waals surface area contributed by atoms with Gasteiger partial charge in [0.05, 0.1) is 10.2 Å². The lowest BCUT2D eigenvalue weighted by Gasteiger charge is -2.13. The summed E-state index contributed by atoms with van der Waals surface area (Å²) < 4.78 is 14.8. The van der Waals surface area contributed by atoms with Gasteiger partial charge in [0.25, 0.3) is 0 Å². The van der Waals surface area contributed by atoms with Gasteiger partial charge in [-0.3, -0.25) is 0 Å². The largest absolute Gasteiger partial charge is 0.304 e. The third-order valence-electron chi connectivity index (χ3n) is 3.59. The van der Waals surface area contributed by atoms with Gasteiger partial charge in [-0.05, 0) is 43.2 Å². The van der Waals surface area contributed by atoms with Crippen molar-refractivity contribution in [1.82, 2.24) is 10.3 Å². The van der Waals surface area contributed by atoms with Crippen LogP contribution in [0.1, 0.15) is 29.1 Å². The molecule has 1 N–H and O–H groups in total. The third-order valence-corrected chi connectivity index (χ3v) is 4.63. The van der Waals surface area contributed by atoms with E-state index in [9.17, 15) is 4.39 Å².